The third kappa shape index (κ3) is 3.17. The number of hydrogen-bond acceptors (Lipinski definition) is 3. The summed E-state index contributed by atoms with van der Waals surface area (Å²) in [6.45, 7) is 6.43. The summed E-state index contributed by atoms with van der Waals surface area (Å²) in [5.74, 6) is -0.264. The van der Waals surface area contributed by atoms with E-state index in [1.165, 1.54) is 0 Å². The maximum atomic E-state index is 12.3. The molecule has 1 heterocycles. The molecule has 2 amide bonds. The number of hydrogen-bond donors (Lipinski definition) is 1. The summed E-state index contributed by atoms with van der Waals surface area (Å²) in [6, 6.07) is 7.33. The normalized spacial score (nSPS) is 17.8. The van der Waals surface area contributed by atoms with Crippen LogP contribution in [0.4, 0.5) is 0 Å². The van der Waals surface area contributed by atoms with Gasteiger partial charge in [0.15, 0.2) is 0 Å². The van der Waals surface area contributed by atoms with Gasteiger partial charge in [-0.2, -0.15) is 0 Å². The van der Waals surface area contributed by atoms with E-state index in [-0.39, 0.29) is 17.9 Å². The van der Waals surface area contributed by atoms with E-state index in [1.807, 2.05) is 41.0 Å². The molecule has 0 saturated carbocycles. The first-order valence-electron chi connectivity index (χ1n) is 6.88. The Bertz CT molecular complexity index is 490. The minimum atomic E-state index is -0.316. The lowest BCUT2D eigenvalue weighted by Crippen LogP contribution is -2.54. The number of carbonyl (C=O) groups excluding carboxylic acids is 2. The van der Waals surface area contributed by atoms with Crippen LogP contribution in [0.5, 0.6) is 0 Å². The van der Waals surface area contributed by atoms with E-state index < -0.39 is 0 Å². The van der Waals surface area contributed by atoms with Gasteiger partial charge in [-0.05, 0) is 26.0 Å². The molecule has 0 radical (unpaired) electrons. The van der Waals surface area contributed by atoms with Crippen LogP contribution in [0.3, 0.4) is 0 Å². The third-order valence-corrected chi connectivity index (χ3v) is 3.86. The van der Waals surface area contributed by atoms with E-state index in [0.717, 1.165) is 5.56 Å². The van der Waals surface area contributed by atoms with E-state index in [0.29, 0.717) is 31.7 Å². The molecule has 0 bridgehead atoms. The predicted molar refractivity (Wildman–Crippen MR) is 77.3 cm³/mol. The molecule has 2 rings (SSSR count). The predicted octanol–water partition coefficient (Wildman–Crippen LogP) is 0.627. The van der Waals surface area contributed by atoms with E-state index >= 15 is 0 Å². The Kier molecular flexibility index (Phi) is 4.39. The SMILES string of the molecule is Cc1ccc(C(=O)N2CCN(C(C)C(N)=O)CC2)cc1. The van der Waals surface area contributed by atoms with Crippen LogP contribution in [0.2, 0.25) is 0 Å². The van der Waals surface area contributed by atoms with Crippen LogP contribution in [-0.2, 0) is 4.79 Å². The van der Waals surface area contributed by atoms with Gasteiger partial charge in [0.1, 0.15) is 0 Å². The van der Waals surface area contributed by atoms with Gasteiger partial charge in [-0.15, -0.1) is 0 Å². The Labute approximate surface area is 119 Å². The molecule has 5 heteroatoms. The van der Waals surface area contributed by atoms with Crippen molar-refractivity contribution in [3.05, 3.63) is 35.4 Å². The Morgan fingerprint density at radius 3 is 2.15 bits per heavy atom. The van der Waals surface area contributed by atoms with E-state index in [4.69, 9.17) is 5.73 Å². The number of piperazine rings is 1. The molecule has 0 spiro atoms. The van der Waals surface area contributed by atoms with Crippen molar-refractivity contribution in [3.8, 4) is 0 Å². The zero-order valence-electron chi connectivity index (χ0n) is 12.0. The molecule has 5 nitrogen and oxygen atoms in total. The highest BCUT2D eigenvalue weighted by molar-refractivity contribution is 5.94. The molecule has 1 unspecified atom stereocenters. The number of amides is 2. The van der Waals surface area contributed by atoms with Crippen LogP contribution < -0.4 is 5.73 Å². The van der Waals surface area contributed by atoms with Gasteiger partial charge in [0.05, 0.1) is 6.04 Å². The summed E-state index contributed by atoms with van der Waals surface area (Å²) in [7, 11) is 0. The van der Waals surface area contributed by atoms with E-state index in [2.05, 4.69) is 0 Å². The summed E-state index contributed by atoms with van der Waals surface area (Å²) in [6.07, 6.45) is 0. The average Bonchev–Trinajstić information content (AvgIpc) is 2.46. The molecule has 1 atom stereocenters. The summed E-state index contributed by atoms with van der Waals surface area (Å²) in [4.78, 5) is 27.3. The Hall–Kier alpha value is -1.88. The molecule has 1 aliphatic heterocycles. The summed E-state index contributed by atoms with van der Waals surface area (Å²) in [5.41, 5.74) is 7.16. The average molecular weight is 275 g/mol. The van der Waals surface area contributed by atoms with Crippen molar-refractivity contribution in [1.82, 2.24) is 9.80 Å². The Balaban J connectivity index is 1.95. The number of nitrogens with two attached hydrogens (primary N) is 1. The largest absolute Gasteiger partial charge is 0.368 e. The molecule has 0 aromatic heterocycles. The second kappa shape index (κ2) is 6.05. The van der Waals surface area contributed by atoms with Crippen molar-refractivity contribution in [2.24, 2.45) is 5.73 Å². The molecule has 1 saturated heterocycles. The van der Waals surface area contributed by atoms with Gasteiger partial charge in [0, 0.05) is 31.7 Å². The highest BCUT2D eigenvalue weighted by Gasteiger charge is 2.26. The van der Waals surface area contributed by atoms with E-state index in [1.54, 1.807) is 6.92 Å². The molecule has 1 aromatic carbocycles. The summed E-state index contributed by atoms with van der Waals surface area (Å²) >= 11 is 0. The van der Waals surface area contributed by atoms with Crippen LogP contribution in [0.15, 0.2) is 24.3 Å². The van der Waals surface area contributed by atoms with Gasteiger partial charge in [0.25, 0.3) is 5.91 Å². The molecule has 1 aromatic rings. The lowest BCUT2D eigenvalue weighted by molar-refractivity contribution is -0.123. The molecule has 108 valence electrons. The molecule has 1 fully saturated rings. The van der Waals surface area contributed by atoms with Crippen LogP contribution >= 0.6 is 0 Å². The quantitative estimate of drug-likeness (QED) is 0.879. The highest BCUT2D eigenvalue weighted by Crippen LogP contribution is 2.11. The zero-order chi connectivity index (χ0) is 14.7. The van der Waals surface area contributed by atoms with Gasteiger partial charge in [0.2, 0.25) is 5.91 Å². The maximum absolute atomic E-state index is 12.3. The van der Waals surface area contributed by atoms with Crippen molar-refractivity contribution >= 4 is 11.8 Å². The number of primary amides is 1. The number of carbonyl (C=O) groups is 2. The van der Waals surface area contributed by atoms with Crippen molar-refractivity contribution < 1.29 is 9.59 Å². The minimum absolute atomic E-state index is 0.0522. The lowest BCUT2D eigenvalue weighted by atomic mass is 10.1. The van der Waals surface area contributed by atoms with Crippen molar-refractivity contribution in [1.29, 1.82) is 0 Å². The zero-order valence-corrected chi connectivity index (χ0v) is 12.0. The van der Waals surface area contributed by atoms with Gasteiger partial charge < -0.3 is 10.6 Å². The van der Waals surface area contributed by atoms with Gasteiger partial charge in [-0.3, -0.25) is 14.5 Å². The monoisotopic (exact) mass is 275 g/mol. The standard InChI is InChI=1S/C15H21N3O2/c1-11-3-5-13(6-4-11)15(20)18-9-7-17(8-10-18)12(2)14(16)19/h3-6,12H,7-10H2,1-2H3,(H2,16,19). The molecule has 2 N–H and O–H groups in total. The smallest absolute Gasteiger partial charge is 0.253 e. The molecular formula is C15H21N3O2. The van der Waals surface area contributed by atoms with Crippen molar-refractivity contribution in [2.45, 2.75) is 19.9 Å². The van der Waals surface area contributed by atoms with Crippen LogP contribution in [-0.4, -0.2) is 53.8 Å². The molecule has 0 aliphatic carbocycles. The highest BCUT2D eigenvalue weighted by atomic mass is 16.2. The second-order valence-corrected chi connectivity index (χ2v) is 5.27. The second-order valence-electron chi connectivity index (χ2n) is 5.27. The van der Waals surface area contributed by atoms with Crippen LogP contribution in [0.1, 0.15) is 22.8 Å². The first-order chi connectivity index (χ1) is 9.49. The fourth-order valence-electron chi connectivity index (χ4n) is 2.37. The van der Waals surface area contributed by atoms with Crippen molar-refractivity contribution in [3.63, 3.8) is 0 Å². The van der Waals surface area contributed by atoms with E-state index in [9.17, 15) is 9.59 Å². The molecule has 20 heavy (non-hydrogen) atoms. The minimum Gasteiger partial charge on any atom is -0.368 e. The summed E-state index contributed by atoms with van der Waals surface area (Å²) < 4.78 is 0. The molecule has 1 aliphatic rings. The van der Waals surface area contributed by atoms with Crippen LogP contribution in [0, 0.1) is 6.92 Å². The molecular weight excluding hydrogens is 254 g/mol. The van der Waals surface area contributed by atoms with Crippen LogP contribution in [0.25, 0.3) is 0 Å². The van der Waals surface area contributed by atoms with Crippen molar-refractivity contribution in [2.75, 3.05) is 26.2 Å². The number of aryl methyl sites for hydroxylation is 1. The fourth-order valence-corrected chi connectivity index (χ4v) is 2.37. The Morgan fingerprint density at radius 1 is 1.10 bits per heavy atom. The fraction of sp³-hybridized carbons (Fsp3) is 0.467. The van der Waals surface area contributed by atoms with Gasteiger partial charge in [-0.1, -0.05) is 17.7 Å². The number of nitrogens with zero attached hydrogens (tertiary/aromatic N) is 2. The third-order valence-electron chi connectivity index (χ3n) is 3.86. The Morgan fingerprint density at radius 2 is 1.65 bits per heavy atom. The lowest BCUT2D eigenvalue weighted by Gasteiger charge is -2.37. The number of benzene rings is 1. The number of rotatable bonds is 3. The maximum Gasteiger partial charge on any atom is 0.253 e. The summed E-state index contributed by atoms with van der Waals surface area (Å²) in [5, 5.41) is 0. The van der Waals surface area contributed by atoms with Gasteiger partial charge >= 0.3 is 0 Å². The first-order valence-corrected chi connectivity index (χ1v) is 6.88. The topological polar surface area (TPSA) is 66.6 Å². The van der Waals surface area contributed by atoms with Gasteiger partial charge in [-0.25, -0.2) is 0 Å². The first kappa shape index (κ1) is 14.5.